The molecule has 150 valence electrons. The number of carbonyl (C=O) groups is 1. The zero-order valence-corrected chi connectivity index (χ0v) is 18.2. The Labute approximate surface area is 175 Å². The monoisotopic (exact) mass is 446 g/mol. The standard InChI is InChI=1S/C23H27BrO4/c1-4-26-22(23(25)27-5-2)16-18-6-12-21(13-7-18)28-15-14-17(3)19-8-10-20(24)11-9-19/h6-14,22H,4-5,15-16H2,1-3H3/b17-14+/t22-/m0/s1. The highest BCUT2D eigenvalue weighted by Crippen LogP contribution is 2.18. The van der Waals surface area contributed by atoms with Crippen molar-refractivity contribution >= 4 is 27.5 Å². The van der Waals surface area contributed by atoms with Crippen LogP contribution in [0.2, 0.25) is 0 Å². The minimum absolute atomic E-state index is 0.321. The summed E-state index contributed by atoms with van der Waals surface area (Å²) in [4.78, 5) is 12.0. The van der Waals surface area contributed by atoms with Crippen molar-refractivity contribution in [1.29, 1.82) is 0 Å². The minimum Gasteiger partial charge on any atom is -0.490 e. The maximum Gasteiger partial charge on any atom is 0.335 e. The first-order valence-electron chi connectivity index (χ1n) is 9.46. The molecule has 0 unspecified atom stereocenters. The summed E-state index contributed by atoms with van der Waals surface area (Å²) in [6.45, 7) is 7.04. The highest BCUT2D eigenvalue weighted by molar-refractivity contribution is 9.10. The largest absolute Gasteiger partial charge is 0.490 e. The van der Waals surface area contributed by atoms with Crippen LogP contribution in [-0.4, -0.2) is 31.9 Å². The predicted octanol–water partition coefficient (Wildman–Crippen LogP) is 5.44. The van der Waals surface area contributed by atoms with E-state index in [9.17, 15) is 4.79 Å². The lowest BCUT2D eigenvalue weighted by molar-refractivity contribution is -0.156. The van der Waals surface area contributed by atoms with Gasteiger partial charge in [0, 0.05) is 17.5 Å². The molecule has 2 aromatic carbocycles. The first-order valence-corrected chi connectivity index (χ1v) is 10.3. The molecule has 0 spiro atoms. The summed E-state index contributed by atoms with van der Waals surface area (Å²) in [5, 5.41) is 0. The number of allylic oxidation sites excluding steroid dienone is 1. The van der Waals surface area contributed by atoms with Gasteiger partial charge in [0.05, 0.1) is 6.61 Å². The molecule has 0 heterocycles. The van der Waals surface area contributed by atoms with E-state index >= 15 is 0 Å². The lowest BCUT2D eigenvalue weighted by atomic mass is 10.1. The first kappa shape index (κ1) is 22.2. The molecule has 4 nitrogen and oxygen atoms in total. The van der Waals surface area contributed by atoms with E-state index in [1.165, 1.54) is 5.56 Å². The molecule has 0 saturated carbocycles. The van der Waals surface area contributed by atoms with Crippen LogP contribution in [-0.2, 0) is 20.7 Å². The maximum absolute atomic E-state index is 12.0. The van der Waals surface area contributed by atoms with Crippen molar-refractivity contribution in [1.82, 2.24) is 0 Å². The Bertz CT molecular complexity index is 766. The average molecular weight is 447 g/mol. The lowest BCUT2D eigenvalue weighted by Crippen LogP contribution is -2.28. The highest BCUT2D eigenvalue weighted by Gasteiger charge is 2.20. The fourth-order valence-corrected chi connectivity index (χ4v) is 2.94. The van der Waals surface area contributed by atoms with Gasteiger partial charge in [0.25, 0.3) is 0 Å². The third-order valence-corrected chi connectivity index (χ3v) is 4.73. The first-order chi connectivity index (χ1) is 13.5. The summed E-state index contributed by atoms with van der Waals surface area (Å²) in [6.07, 6.45) is 1.96. The van der Waals surface area contributed by atoms with Crippen LogP contribution in [0.3, 0.4) is 0 Å². The van der Waals surface area contributed by atoms with Gasteiger partial charge in [-0.05, 0) is 67.8 Å². The SMILES string of the molecule is CCOC(=O)[C@H](Cc1ccc(OC/C=C(\C)c2ccc(Br)cc2)cc1)OCC. The molecule has 0 bridgehead atoms. The minimum atomic E-state index is -0.576. The van der Waals surface area contributed by atoms with Crippen molar-refractivity contribution in [3.8, 4) is 5.75 Å². The molecule has 0 aliphatic heterocycles. The van der Waals surface area contributed by atoms with E-state index < -0.39 is 6.10 Å². The van der Waals surface area contributed by atoms with Crippen molar-refractivity contribution in [2.24, 2.45) is 0 Å². The molecule has 0 aliphatic carbocycles. The number of esters is 1. The Morgan fingerprint density at radius 2 is 1.71 bits per heavy atom. The molecule has 2 aromatic rings. The van der Waals surface area contributed by atoms with E-state index in [-0.39, 0.29) is 5.97 Å². The van der Waals surface area contributed by atoms with Gasteiger partial charge in [-0.2, -0.15) is 0 Å². The normalized spacial score (nSPS) is 12.5. The average Bonchev–Trinajstić information content (AvgIpc) is 2.69. The van der Waals surface area contributed by atoms with E-state index in [0.29, 0.717) is 26.2 Å². The molecule has 0 aliphatic rings. The fourth-order valence-electron chi connectivity index (χ4n) is 2.68. The van der Waals surface area contributed by atoms with E-state index in [4.69, 9.17) is 14.2 Å². The van der Waals surface area contributed by atoms with Gasteiger partial charge in [-0.15, -0.1) is 0 Å². The molecule has 0 N–H and O–H groups in total. The zero-order valence-electron chi connectivity index (χ0n) is 16.6. The zero-order chi connectivity index (χ0) is 20.4. The van der Waals surface area contributed by atoms with Gasteiger partial charge in [0.2, 0.25) is 0 Å². The third kappa shape index (κ3) is 7.13. The summed E-state index contributed by atoms with van der Waals surface area (Å²) in [5.41, 5.74) is 3.33. The number of hydrogen-bond acceptors (Lipinski definition) is 4. The van der Waals surface area contributed by atoms with Gasteiger partial charge in [0.1, 0.15) is 12.4 Å². The van der Waals surface area contributed by atoms with E-state index in [0.717, 1.165) is 21.4 Å². The van der Waals surface area contributed by atoms with Crippen LogP contribution < -0.4 is 4.74 Å². The van der Waals surface area contributed by atoms with Crippen molar-refractivity contribution < 1.29 is 19.0 Å². The predicted molar refractivity (Wildman–Crippen MR) is 115 cm³/mol. The van der Waals surface area contributed by atoms with Crippen LogP contribution in [0.25, 0.3) is 5.57 Å². The van der Waals surface area contributed by atoms with E-state index in [1.807, 2.05) is 43.3 Å². The number of halogens is 1. The topological polar surface area (TPSA) is 44.8 Å². The van der Waals surface area contributed by atoms with Crippen molar-refractivity contribution in [3.63, 3.8) is 0 Å². The summed E-state index contributed by atoms with van der Waals surface area (Å²) in [7, 11) is 0. The molecule has 0 fully saturated rings. The second-order valence-corrected chi connectivity index (χ2v) is 7.16. The Morgan fingerprint density at radius 3 is 2.32 bits per heavy atom. The summed E-state index contributed by atoms with van der Waals surface area (Å²) in [6, 6.07) is 15.9. The van der Waals surface area contributed by atoms with Crippen LogP contribution in [0, 0.1) is 0 Å². The molecular formula is C23H27BrO4. The van der Waals surface area contributed by atoms with Gasteiger partial charge in [-0.25, -0.2) is 4.79 Å². The van der Waals surface area contributed by atoms with Crippen LogP contribution >= 0.6 is 15.9 Å². The van der Waals surface area contributed by atoms with E-state index in [2.05, 4.69) is 41.1 Å². The Kier molecular flexibility index (Phi) is 9.24. The smallest absolute Gasteiger partial charge is 0.335 e. The molecule has 0 saturated heterocycles. The summed E-state index contributed by atoms with van der Waals surface area (Å²) < 4.78 is 17.5. The highest BCUT2D eigenvalue weighted by atomic mass is 79.9. The molecule has 0 aromatic heterocycles. The Balaban J connectivity index is 1.90. The molecule has 5 heteroatoms. The number of carbonyl (C=O) groups excluding carboxylic acids is 1. The van der Waals surface area contributed by atoms with Gasteiger partial charge < -0.3 is 14.2 Å². The van der Waals surface area contributed by atoms with Crippen LogP contribution in [0.4, 0.5) is 0 Å². The number of ether oxygens (including phenoxy) is 3. The van der Waals surface area contributed by atoms with Gasteiger partial charge in [-0.3, -0.25) is 0 Å². The van der Waals surface area contributed by atoms with Crippen molar-refractivity contribution in [2.75, 3.05) is 19.8 Å². The van der Waals surface area contributed by atoms with Crippen LogP contribution in [0.15, 0.2) is 59.1 Å². The van der Waals surface area contributed by atoms with Crippen molar-refractivity contribution in [3.05, 3.63) is 70.2 Å². The number of rotatable bonds is 10. The Hall–Kier alpha value is -2.11. The van der Waals surface area contributed by atoms with E-state index in [1.54, 1.807) is 6.92 Å². The quantitative estimate of drug-likeness (QED) is 0.455. The van der Waals surface area contributed by atoms with Crippen LogP contribution in [0.5, 0.6) is 5.75 Å². The van der Waals surface area contributed by atoms with Gasteiger partial charge >= 0.3 is 5.97 Å². The number of hydrogen-bond donors (Lipinski definition) is 0. The maximum atomic E-state index is 12.0. The van der Waals surface area contributed by atoms with Gasteiger partial charge in [0.15, 0.2) is 6.10 Å². The summed E-state index contributed by atoms with van der Waals surface area (Å²) >= 11 is 3.44. The Morgan fingerprint density at radius 1 is 1.04 bits per heavy atom. The van der Waals surface area contributed by atoms with Gasteiger partial charge in [-0.1, -0.05) is 40.2 Å². The molecule has 0 radical (unpaired) electrons. The molecular weight excluding hydrogens is 420 g/mol. The van der Waals surface area contributed by atoms with Crippen molar-refractivity contribution in [2.45, 2.75) is 33.3 Å². The fraction of sp³-hybridized carbons (Fsp3) is 0.348. The second kappa shape index (κ2) is 11.7. The number of benzene rings is 2. The molecule has 28 heavy (non-hydrogen) atoms. The second-order valence-electron chi connectivity index (χ2n) is 6.25. The molecule has 0 amide bonds. The molecule has 1 atom stereocenters. The summed E-state index contributed by atoms with van der Waals surface area (Å²) in [5.74, 6) is 0.464. The third-order valence-electron chi connectivity index (χ3n) is 4.20. The lowest BCUT2D eigenvalue weighted by Gasteiger charge is -2.15. The van der Waals surface area contributed by atoms with Crippen LogP contribution in [0.1, 0.15) is 31.9 Å². The molecule has 2 rings (SSSR count).